The summed E-state index contributed by atoms with van der Waals surface area (Å²) in [5, 5.41) is 12.1. The van der Waals surface area contributed by atoms with Crippen LogP contribution in [-0.4, -0.2) is 62.4 Å². The Morgan fingerprint density at radius 3 is 2.66 bits per heavy atom. The Labute approximate surface area is 219 Å². The summed E-state index contributed by atoms with van der Waals surface area (Å²) in [7, 11) is 0. The van der Waals surface area contributed by atoms with Gasteiger partial charge in [0.05, 0.1) is 19.5 Å². The number of amides is 1. The summed E-state index contributed by atoms with van der Waals surface area (Å²) < 4.78 is 143. The van der Waals surface area contributed by atoms with Crippen molar-refractivity contribution >= 4 is 11.6 Å². The summed E-state index contributed by atoms with van der Waals surface area (Å²) >= 11 is 0. The molecule has 1 heterocycles. The molecule has 192 valence electrons. The number of nitrogens with two attached hydrogens (primary N) is 1. The van der Waals surface area contributed by atoms with Crippen LogP contribution in [-0.2, 0) is 12.8 Å². The summed E-state index contributed by atoms with van der Waals surface area (Å²) in [6.45, 7) is -16.1. The van der Waals surface area contributed by atoms with Crippen molar-refractivity contribution in [2.75, 3.05) is 44.1 Å². The minimum atomic E-state index is -5.45. The minimum absolute atomic E-state index is 0.0558. The highest BCUT2D eigenvalue weighted by Crippen LogP contribution is 2.33. The molecule has 0 saturated carbocycles. The molecule has 2 aromatic rings. The molecule has 7 nitrogen and oxygen atoms in total. The SMILES string of the molecule is [2H]C([2H])(O)C([2H])([2H])C([2H])([2H])N1CCc2cc(C[C@@H](C)NC([2H])([2H])C([2H])([2H])Oc3ccccc3OC([2H])([2H])C(F)(F)F)cc(C(N)=O)c21. The third kappa shape index (κ3) is 7.76. The van der Waals surface area contributed by atoms with E-state index in [0.29, 0.717) is 11.1 Å². The minimum Gasteiger partial charge on any atom is -0.488 e. The van der Waals surface area contributed by atoms with Crippen LogP contribution >= 0.6 is 0 Å². The maximum Gasteiger partial charge on any atom is 0.422 e. The molecule has 10 heteroatoms. The van der Waals surface area contributed by atoms with Crippen molar-refractivity contribution in [2.24, 2.45) is 5.73 Å². The molecule has 0 bridgehead atoms. The highest BCUT2D eigenvalue weighted by atomic mass is 19.4. The molecular weight excluding hydrogens is 463 g/mol. The van der Waals surface area contributed by atoms with E-state index in [4.69, 9.17) is 26.9 Å². The molecule has 0 saturated heterocycles. The van der Waals surface area contributed by atoms with Crippen LogP contribution in [0.1, 0.15) is 51.2 Å². The number of nitrogens with zero attached hydrogens (tertiary/aromatic N) is 1. The number of fused-ring (bicyclic) bond motifs is 1. The fourth-order valence-electron chi connectivity index (χ4n) is 3.49. The van der Waals surface area contributed by atoms with E-state index in [9.17, 15) is 23.1 Å². The molecule has 0 aromatic heterocycles. The van der Waals surface area contributed by atoms with E-state index >= 15 is 0 Å². The van der Waals surface area contributed by atoms with Crippen molar-refractivity contribution in [2.45, 2.75) is 38.4 Å². The quantitative estimate of drug-likeness (QED) is 0.386. The van der Waals surface area contributed by atoms with Crippen LogP contribution in [0.4, 0.5) is 18.9 Å². The Morgan fingerprint density at radius 2 is 2.00 bits per heavy atom. The summed E-state index contributed by atoms with van der Waals surface area (Å²) in [6, 6.07) is 6.03. The number of ether oxygens (including phenoxy) is 2. The molecule has 3 rings (SSSR count). The first-order valence-electron chi connectivity index (χ1n) is 16.3. The average Bonchev–Trinajstić information content (AvgIpc) is 3.31. The van der Waals surface area contributed by atoms with Crippen LogP contribution in [0.2, 0.25) is 0 Å². The lowest BCUT2D eigenvalue weighted by Crippen LogP contribution is -2.32. The maximum atomic E-state index is 13.0. The molecule has 0 unspecified atom stereocenters. The van der Waals surface area contributed by atoms with Crippen LogP contribution in [0.25, 0.3) is 0 Å². The van der Waals surface area contributed by atoms with Gasteiger partial charge in [-0.3, -0.25) is 4.79 Å². The number of para-hydroxylation sites is 2. The van der Waals surface area contributed by atoms with Crippen LogP contribution < -0.4 is 25.4 Å². The van der Waals surface area contributed by atoms with Gasteiger partial charge >= 0.3 is 6.18 Å². The van der Waals surface area contributed by atoms with Gasteiger partial charge in [0.1, 0.15) is 6.56 Å². The van der Waals surface area contributed by atoms with E-state index in [-0.39, 0.29) is 30.6 Å². The number of aliphatic hydroxyl groups is 1. The topological polar surface area (TPSA) is 97.1 Å². The summed E-state index contributed by atoms with van der Waals surface area (Å²) in [5.41, 5.74) is 5.83. The average molecular weight is 508 g/mol. The van der Waals surface area contributed by atoms with E-state index in [0.717, 1.165) is 17.0 Å². The van der Waals surface area contributed by atoms with Crippen molar-refractivity contribution in [3.8, 4) is 11.5 Å². The van der Waals surface area contributed by atoms with Crippen molar-refractivity contribution in [3.63, 3.8) is 0 Å². The number of anilines is 1. The molecule has 1 amide bonds. The Kier molecular flexibility index (Phi) is 5.04. The number of primary amides is 1. The van der Waals surface area contributed by atoms with Crippen molar-refractivity contribution in [3.05, 3.63) is 53.1 Å². The van der Waals surface area contributed by atoms with Gasteiger partial charge in [-0.25, -0.2) is 0 Å². The number of hydrogen-bond donors (Lipinski definition) is 3. The predicted molar refractivity (Wildman–Crippen MR) is 127 cm³/mol. The Balaban J connectivity index is 1.85. The lowest BCUT2D eigenvalue weighted by molar-refractivity contribution is -0.153. The molecule has 1 aliphatic rings. The first-order chi connectivity index (χ1) is 21.1. The second-order valence-electron chi connectivity index (χ2n) is 7.49. The van der Waals surface area contributed by atoms with E-state index in [1.807, 2.05) is 0 Å². The zero-order valence-corrected chi connectivity index (χ0v) is 18.5. The number of carbonyl (C=O) groups excluding carboxylic acids is 1. The van der Waals surface area contributed by atoms with E-state index in [1.54, 1.807) is 0 Å². The normalized spacial score (nSPS) is 21.6. The number of rotatable bonds is 13. The second kappa shape index (κ2) is 12.1. The van der Waals surface area contributed by atoms with Crippen molar-refractivity contribution in [1.82, 2.24) is 5.32 Å². The highest BCUT2D eigenvalue weighted by Gasteiger charge is 2.29. The van der Waals surface area contributed by atoms with E-state index < -0.39 is 68.7 Å². The summed E-state index contributed by atoms with van der Waals surface area (Å²) in [6.07, 6.45) is -8.96. The number of nitrogens with one attached hydrogen (secondary N) is 1. The van der Waals surface area contributed by atoms with Gasteiger partial charge in [-0.2, -0.15) is 13.2 Å². The number of hydrogen-bond acceptors (Lipinski definition) is 6. The number of alkyl halides is 3. The molecule has 4 N–H and O–H groups in total. The van der Waals surface area contributed by atoms with Crippen LogP contribution in [0.15, 0.2) is 36.4 Å². The largest absolute Gasteiger partial charge is 0.488 e. The van der Waals surface area contributed by atoms with Gasteiger partial charge in [0, 0.05) is 40.4 Å². The van der Waals surface area contributed by atoms with Gasteiger partial charge in [0.15, 0.2) is 18.1 Å². The molecule has 1 atom stereocenters. The molecule has 0 fully saturated rings. The maximum absolute atomic E-state index is 13.0. The molecule has 0 radical (unpaired) electrons. The number of carbonyl (C=O) groups is 1. The predicted octanol–water partition coefficient (Wildman–Crippen LogP) is 3.07. The standard InChI is InChI=1S/C25H32F3N3O4/c1-17(30-8-12-34-21-5-2-3-6-22(21)35-16-25(26,27)28)13-18-14-19-7-10-31(9-4-11-32)23(19)20(15-18)24(29)33/h2-3,5-6,14-15,17,30,32H,4,7-13,16H2,1H3,(H2,29,33)/t17-/m1/s1/i4D2,8D2,9D2,11D2,12D2,16D2. The zero-order chi connectivity index (χ0) is 36.2. The van der Waals surface area contributed by atoms with Gasteiger partial charge < -0.3 is 30.5 Å². The van der Waals surface area contributed by atoms with Crippen LogP contribution in [0.3, 0.4) is 0 Å². The smallest absolute Gasteiger partial charge is 0.422 e. The summed E-state index contributed by atoms with van der Waals surface area (Å²) in [5.74, 6) is -2.62. The van der Waals surface area contributed by atoms with E-state index in [1.165, 1.54) is 31.2 Å². The third-order valence-electron chi connectivity index (χ3n) is 4.83. The molecule has 35 heavy (non-hydrogen) atoms. The second-order valence-corrected chi connectivity index (χ2v) is 7.49. The molecular formula is C25H32F3N3O4. The molecule has 2 aromatic carbocycles. The number of halogens is 3. The monoisotopic (exact) mass is 507 g/mol. The summed E-state index contributed by atoms with van der Waals surface area (Å²) in [4.78, 5) is 13.2. The van der Waals surface area contributed by atoms with Crippen molar-refractivity contribution in [1.29, 1.82) is 0 Å². The van der Waals surface area contributed by atoms with Crippen molar-refractivity contribution < 1.29 is 49.0 Å². The van der Waals surface area contributed by atoms with Crippen LogP contribution in [0, 0.1) is 0 Å². The van der Waals surface area contributed by atoms with Gasteiger partial charge in [0.25, 0.3) is 5.91 Å². The first kappa shape index (κ1) is 14.5. The number of benzene rings is 2. The fourth-order valence-corrected chi connectivity index (χ4v) is 3.49. The highest BCUT2D eigenvalue weighted by molar-refractivity contribution is 6.00. The van der Waals surface area contributed by atoms with E-state index in [2.05, 4.69) is 10.1 Å². The van der Waals surface area contributed by atoms with Crippen LogP contribution in [0.5, 0.6) is 11.5 Å². The molecule has 0 aliphatic carbocycles. The molecule has 0 spiro atoms. The Bertz CT molecular complexity index is 1490. The van der Waals surface area contributed by atoms with Gasteiger partial charge in [-0.1, -0.05) is 18.2 Å². The molecule has 1 aliphatic heterocycles. The zero-order valence-electron chi connectivity index (χ0n) is 30.5. The lowest BCUT2D eigenvalue weighted by Gasteiger charge is -2.22. The first-order valence-corrected chi connectivity index (χ1v) is 10.3. The lowest BCUT2D eigenvalue weighted by atomic mass is 9.98. The van der Waals surface area contributed by atoms with Gasteiger partial charge in [0.2, 0.25) is 0 Å². The van der Waals surface area contributed by atoms with Gasteiger partial charge in [-0.15, -0.1) is 0 Å². The Morgan fingerprint density at radius 1 is 1.29 bits per heavy atom. The third-order valence-corrected chi connectivity index (χ3v) is 4.83. The Hall–Kier alpha value is -2.98. The fraction of sp³-hybridized carbons (Fsp3) is 0.480. The van der Waals surface area contributed by atoms with Gasteiger partial charge in [-0.05, 0) is 55.5 Å².